The first-order valence-electron chi connectivity index (χ1n) is 17.0. The molecule has 0 aliphatic heterocycles. The summed E-state index contributed by atoms with van der Waals surface area (Å²) < 4.78 is 0. The van der Waals surface area contributed by atoms with Crippen molar-refractivity contribution < 1.29 is 10.0 Å². The summed E-state index contributed by atoms with van der Waals surface area (Å²) in [7, 11) is 1.00. The van der Waals surface area contributed by atoms with E-state index in [1.54, 1.807) is 45.0 Å². The molecule has 3 heterocycles. The molecule has 0 radical (unpaired) electrons. The number of thioether (sulfide) groups is 3. The maximum absolute atomic E-state index is 11.3. The number of hydrogen-bond donors (Lipinski definition) is 8. The lowest BCUT2D eigenvalue weighted by molar-refractivity contribution is -0.384. The number of nitro benzene ring substituents is 1. The Labute approximate surface area is 383 Å². The zero-order valence-electron chi connectivity index (χ0n) is 32.9. The van der Waals surface area contributed by atoms with Crippen LogP contribution in [0.3, 0.4) is 0 Å². The Morgan fingerprint density at radius 3 is 1.18 bits per heavy atom. The lowest BCUT2D eigenvalue weighted by atomic mass is 10.2. The van der Waals surface area contributed by atoms with Gasteiger partial charge in [-0.25, -0.2) is 15.0 Å². The van der Waals surface area contributed by atoms with Gasteiger partial charge in [-0.3, -0.25) is 36.2 Å². The van der Waals surface area contributed by atoms with Crippen molar-refractivity contribution in [3.63, 3.8) is 0 Å². The third-order valence-electron chi connectivity index (χ3n) is 7.02. The van der Waals surface area contributed by atoms with E-state index in [4.69, 9.17) is 51.4 Å². The minimum absolute atomic E-state index is 0. The molecular weight excluding hydrogens is 932 g/mol. The van der Waals surface area contributed by atoms with Crippen LogP contribution in [0.5, 0.6) is 0 Å². The third kappa shape index (κ3) is 19.8. The molecule has 6 rings (SSSR count). The highest BCUT2D eigenvalue weighted by Crippen LogP contribution is 2.29. The lowest BCUT2D eigenvalue weighted by Crippen LogP contribution is -2.08. The Kier molecular flexibility index (Phi) is 25.0. The summed E-state index contributed by atoms with van der Waals surface area (Å²) in [5, 5.41) is 21.1. The predicted octanol–water partition coefficient (Wildman–Crippen LogP) is 6.99. The van der Waals surface area contributed by atoms with Crippen LogP contribution in [0.15, 0.2) is 103 Å². The number of non-ortho nitro benzene ring substituents is 1. The Morgan fingerprint density at radius 2 is 0.885 bits per heavy atom. The molecule has 3 aromatic heterocycles. The van der Waals surface area contributed by atoms with E-state index in [9.17, 15) is 24.5 Å². The van der Waals surface area contributed by atoms with Gasteiger partial charge >= 0.3 is 0 Å². The second-order valence-corrected chi connectivity index (χ2v) is 15.8. The number of nitrogens with zero attached hydrogens (tertiary/aromatic N) is 4. The normalized spacial score (nSPS) is 9.87. The van der Waals surface area contributed by atoms with Gasteiger partial charge in [0, 0.05) is 98.2 Å². The van der Waals surface area contributed by atoms with Gasteiger partial charge in [0.15, 0.2) is 15.5 Å². The number of H-pyrrole nitrogens is 3. The molecule has 0 saturated heterocycles. The number of nitrogens with one attached hydrogen (secondary N) is 3. The molecule has 0 atom stereocenters. The molecule has 0 spiro atoms. The standard InChI is InChI=1S/C12H10ClN3O3S.2C12H12ClN3OS.CH4O.ClH.H4N2/c1-7-4-11(17)15-12(14-7)20-6-8-5-9(16(18)19)2-3-10(8)13;2*1-7-4-11(17)16-12(15-7)18-6-8-5-9(14)2-3-10(8)13;1-2;;1-2/h2-5H,6H2,1H3,(H,14,15,17);2*2-5H,6,14H2,1H3,(H,15,16,17);2H,1H3;1H;1-2H2. The van der Waals surface area contributed by atoms with Gasteiger partial charge in [-0.15, -0.1) is 12.4 Å². The van der Waals surface area contributed by atoms with Crippen LogP contribution in [0.2, 0.25) is 15.1 Å². The number of hydrogen-bond acceptors (Lipinski definition) is 16. The van der Waals surface area contributed by atoms with Gasteiger partial charge in [-0.05, 0) is 79.9 Å². The lowest BCUT2D eigenvalue weighted by Gasteiger charge is -2.05. The van der Waals surface area contributed by atoms with Crippen LogP contribution in [0.1, 0.15) is 33.8 Å². The van der Waals surface area contributed by atoms with Crippen molar-refractivity contribution in [1.82, 2.24) is 29.9 Å². The van der Waals surface area contributed by atoms with Crippen molar-refractivity contribution in [1.29, 1.82) is 0 Å². The van der Waals surface area contributed by atoms with Crippen LogP contribution in [0.25, 0.3) is 0 Å². The second kappa shape index (κ2) is 28.1. The number of aryl methyl sites for hydroxylation is 3. The minimum atomic E-state index is -0.475. The summed E-state index contributed by atoms with van der Waals surface area (Å²) in [4.78, 5) is 64.7. The van der Waals surface area contributed by atoms with E-state index in [1.807, 2.05) is 12.1 Å². The van der Waals surface area contributed by atoms with Crippen LogP contribution in [-0.4, -0.2) is 47.0 Å². The molecule has 0 aliphatic carbocycles. The maximum Gasteiger partial charge on any atom is 0.269 e. The molecule has 3 aromatic carbocycles. The predicted molar refractivity (Wildman–Crippen MR) is 251 cm³/mol. The van der Waals surface area contributed by atoms with Gasteiger partial charge in [0.1, 0.15) is 0 Å². The number of nitrogens with two attached hydrogens (primary N) is 4. The van der Waals surface area contributed by atoms with Gasteiger partial charge in [-0.1, -0.05) is 70.1 Å². The number of aromatic nitrogens is 6. The largest absolute Gasteiger partial charge is 0.400 e. The number of aromatic amines is 3. The van der Waals surface area contributed by atoms with Crippen molar-refractivity contribution in [2.45, 2.75) is 53.5 Å². The average Bonchev–Trinajstić information content (AvgIpc) is 3.19. The van der Waals surface area contributed by atoms with E-state index < -0.39 is 4.92 Å². The molecule has 24 heteroatoms. The molecule has 17 nitrogen and oxygen atoms in total. The Hall–Kier alpha value is -4.61. The number of nitrogen functional groups attached to an aromatic ring is 2. The van der Waals surface area contributed by atoms with Crippen molar-refractivity contribution in [3.05, 3.63) is 163 Å². The fraction of sp³-hybridized carbons (Fsp3) is 0.189. The number of aliphatic hydroxyl groups excluding tert-OH is 1. The van der Waals surface area contributed by atoms with E-state index in [0.717, 1.165) is 18.2 Å². The third-order valence-corrected chi connectivity index (χ3v) is 10.9. The van der Waals surface area contributed by atoms with Gasteiger partial charge in [0.25, 0.3) is 22.4 Å². The van der Waals surface area contributed by atoms with E-state index in [2.05, 4.69) is 41.6 Å². The number of rotatable bonds is 10. The highest BCUT2D eigenvalue weighted by atomic mass is 35.5. The molecule has 0 aliphatic rings. The fourth-order valence-corrected chi connectivity index (χ4v) is 8.02. The first-order valence-corrected chi connectivity index (χ1v) is 21.0. The second-order valence-electron chi connectivity index (χ2n) is 11.7. The summed E-state index contributed by atoms with van der Waals surface area (Å²) in [5.41, 5.74) is 16.7. The first kappa shape index (κ1) is 54.4. The molecule has 6 aromatic rings. The van der Waals surface area contributed by atoms with E-state index >= 15 is 0 Å². The first-order chi connectivity index (χ1) is 28.5. The summed E-state index contributed by atoms with van der Waals surface area (Å²) in [6.45, 7) is 5.29. The van der Waals surface area contributed by atoms with Gasteiger partial charge in [0.2, 0.25) is 0 Å². The fourth-order valence-electron chi connectivity index (χ4n) is 4.49. The minimum Gasteiger partial charge on any atom is -0.400 e. The number of aliphatic hydroxyl groups is 1. The Morgan fingerprint density at radius 1 is 0.590 bits per heavy atom. The zero-order valence-corrected chi connectivity index (χ0v) is 38.4. The summed E-state index contributed by atoms with van der Waals surface area (Å²) >= 11 is 22.2. The summed E-state index contributed by atoms with van der Waals surface area (Å²) in [6.07, 6.45) is 0. The summed E-state index contributed by atoms with van der Waals surface area (Å²) in [6, 6.07) is 19.2. The van der Waals surface area contributed by atoms with E-state index in [0.29, 0.717) is 81.8 Å². The Bertz CT molecular complexity index is 2420. The molecule has 0 saturated carbocycles. The topological polar surface area (TPSA) is 305 Å². The highest BCUT2D eigenvalue weighted by molar-refractivity contribution is 7.98. The number of benzene rings is 3. The van der Waals surface area contributed by atoms with Crippen molar-refractivity contribution >= 4 is 99.6 Å². The number of halogens is 4. The van der Waals surface area contributed by atoms with Crippen molar-refractivity contribution in [2.24, 2.45) is 11.7 Å². The average molecular weight is 976 g/mol. The number of anilines is 2. The van der Waals surface area contributed by atoms with Crippen LogP contribution in [-0.2, 0) is 17.3 Å². The van der Waals surface area contributed by atoms with Crippen LogP contribution < -0.4 is 39.8 Å². The van der Waals surface area contributed by atoms with Gasteiger partial charge in [0.05, 0.1) is 4.92 Å². The Balaban J connectivity index is 0.000000436. The van der Waals surface area contributed by atoms with Gasteiger partial charge in [-0.2, -0.15) is 0 Å². The van der Waals surface area contributed by atoms with Crippen LogP contribution in [0, 0.1) is 30.9 Å². The molecule has 0 fully saturated rings. The van der Waals surface area contributed by atoms with Gasteiger partial charge < -0.3 is 31.5 Å². The van der Waals surface area contributed by atoms with E-state index in [-0.39, 0.29) is 34.8 Å². The molecule has 0 amide bonds. The van der Waals surface area contributed by atoms with Crippen molar-refractivity contribution in [3.8, 4) is 0 Å². The van der Waals surface area contributed by atoms with Crippen LogP contribution in [0.4, 0.5) is 17.1 Å². The molecule has 12 N–H and O–H groups in total. The zero-order chi connectivity index (χ0) is 44.9. The van der Waals surface area contributed by atoms with Crippen molar-refractivity contribution in [2.75, 3.05) is 18.6 Å². The van der Waals surface area contributed by atoms with Crippen LogP contribution >= 0.6 is 82.5 Å². The SMILES string of the molecule is CO.Cc1cc(=O)[nH]c(SCc2cc(N)ccc2Cl)n1.Cc1cc(=O)[nH]c(SCc2cc(N)ccc2Cl)n1.Cc1cc(=O)[nH]c(SCc2cc([N+](=O)[O-])ccc2Cl)n1.Cl.NN. The molecule has 0 bridgehead atoms. The molecule has 328 valence electrons. The molecular formula is C37H43Cl4N11O6S3. The maximum atomic E-state index is 11.3. The summed E-state index contributed by atoms with van der Waals surface area (Å²) in [5.74, 6) is 9.60. The molecule has 61 heavy (non-hydrogen) atoms. The quantitative estimate of drug-likeness (QED) is 0.0171. The van der Waals surface area contributed by atoms with E-state index in [1.165, 1.54) is 71.7 Å². The monoisotopic (exact) mass is 973 g/mol. The molecule has 0 unspecified atom stereocenters. The highest BCUT2D eigenvalue weighted by Gasteiger charge is 2.11. The number of nitro groups is 1. The number of hydrazine groups is 1. The smallest absolute Gasteiger partial charge is 0.269 e.